The van der Waals surface area contributed by atoms with Crippen molar-refractivity contribution in [3.8, 4) is 0 Å². The molecule has 0 saturated carbocycles. The van der Waals surface area contributed by atoms with Crippen LogP contribution in [0.5, 0.6) is 0 Å². The molecule has 0 aliphatic heterocycles. The molecule has 3 aromatic rings. The SMILES string of the molecule is O=C(Nc1ccsc1Cl)N[C@H](c1ccccc1)c1nccs1. The predicted octanol–water partition coefficient (Wildman–Crippen LogP) is 4.77. The van der Waals surface area contributed by atoms with E-state index in [4.69, 9.17) is 11.6 Å². The number of benzene rings is 1. The zero-order chi connectivity index (χ0) is 15.4. The summed E-state index contributed by atoms with van der Waals surface area (Å²) in [6.07, 6.45) is 1.73. The Morgan fingerprint density at radius 2 is 1.95 bits per heavy atom. The zero-order valence-electron chi connectivity index (χ0n) is 11.3. The number of amides is 2. The maximum absolute atomic E-state index is 12.2. The van der Waals surface area contributed by atoms with Crippen LogP contribution < -0.4 is 10.6 Å². The average Bonchev–Trinajstić information content (AvgIpc) is 3.18. The summed E-state index contributed by atoms with van der Waals surface area (Å²) < 4.78 is 0.556. The number of urea groups is 1. The van der Waals surface area contributed by atoms with Gasteiger partial charge in [0, 0.05) is 11.6 Å². The molecular weight excluding hydrogens is 338 g/mol. The second kappa shape index (κ2) is 6.91. The summed E-state index contributed by atoms with van der Waals surface area (Å²) in [6, 6.07) is 10.9. The van der Waals surface area contributed by atoms with Crippen LogP contribution in [-0.2, 0) is 0 Å². The van der Waals surface area contributed by atoms with Gasteiger partial charge < -0.3 is 10.6 Å². The van der Waals surface area contributed by atoms with Crippen molar-refractivity contribution in [2.75, 3.05) is 5.32 Å². The molecule has 2 aromatic heterocycles. The van der Waals surface area contributed by atoms with Gasteiger partial charge in [-0.3, -0.25) is 0 Å². The molecule has 0 saturated heterocycles. The predicted molar refractivity (Wildman–Crippen MR) is 91.9 cm³/mol. The van der Waals surface area contributed by atoms with Crippen molar-refractivity contribution in [3.05, 3.63) is 68.3 Å². The van der Waals surface area contributed by atoms with Gasteiger partial charge in [-0.2, -0.15) is 0 Å². The van der Waals surface area contributed by atoms with Crippen molar-refractivity contribution in [2.45, 2.75) is 6.04 Å². The summed E-state index contributed by atoms with van der Waals surface area (Å²) in [5.74, 6) is 0. The van der Waals surface area contributed by atoms with E-state index in [1.165, 1.54) is 22.7 Å². The molecule has 0 radical (unpaired) electrons. The van der Waals surface area contributed by atoms with E-state index in [0.717, 1.165) is 10.6 Å². The minimum absolute atomic E-state index is 0.293. The normalized spacial score (nSPS) is 11.9. The second-order valence-corrected chi connectivity index (χ2v) is 6.86. The highest BCUT2D eigenvalue weighted by atomic mass is 35.5. The smallest absolute Gasteiger partial charge is 0.320 e. The molecule has 0 aliphatic rings. The number of hydrogen-bond acceptors (Lipinski definition) is 4. The Morgan fingerprint density at radius 1 is 1.14 bits per heavy atom. The third-order valence-corrected chi connectivity index (χ3v) is 4.98. The van der Waals surface area contributed by atoms with Gasteiger partial charge in [0.15, 0.2) is 0 Å². The van der Waals surface area contributed by atoms with Crippen LogP contribution in [0.4, 0.5) is 10.5 Å². The van der Waals surface area contributed by atoms with E-state index < -0.39 is 0 Å². The quantitative estimate of drug-likeness (QED) is 0.712. The van der Waals surface area contributed by atoms with Crippen molar-refractivity contribution < 1.29 is 4.79 Å². The molecule has 22 heavy (non-hydrogen) atoms. The number of rotatable bonds is 4. The molecule has 0 unspecified atom stereocenters. The van der Waals surface area contributed by atoms with Crippen molar-refractivity contribution >= 4 is 46.0 Å². The van der Waals surface area contributed by atoms with Crippen molar-refractivity contribution in [3.63, 3.8) is 0 Å². The minimum Gasteiger partial charge on any atom is -0.324 e. The van der Waals surface area contributed by atoms with Crippen molar-refractivity contribution in [1.82, 2.24) is 10.3 Å². The summed E-state index contributed by atoms with van der Waals surface area (Å²) in [5, 5.41) is 10.3. The van der Waals surface area contributed by atoms with Gasteiger partial charge in [-0.15, -0.1) is 22.7 Å². The summed E-state index contributed by atoms with van der Waals surface area (Å²) in [4.78, 5) is 16.6. The van der Waals surface area contributed by atoms with E-state index in [-0.39, 0.29) is 12.1 Å². The van der Waals surface area contributed by atoms with Crippen LogP contribution in [0.25, 0.3) is 0 Å². The molecule has 0 spiro atoms. The second-order valence-electron chi connectivity index (χ2n) is 4.42. The average molecular weight is 350 g/mol. The first-order valence-corrected chi connectivity index (χ1v) is 8.62. The van der Waals surface area contributed by atoms with E-state index in [0.29, 0.717) is 10.0 Å². The molecule has 1 atom stereocenters. The first-order chi connectivity index (χ1) is 10.7. The van der Waals surface area contributed by atoms with Crippen molar-refractivity contribution in [1.29, 1.82) is 0 Å². The van der Waals surface area contributed by atoms with Gasteiger partial charge in [-0.05, 0) is 17.0 Å². The van der Waals surface area contributed by atoms with Crippen LogP contribution in [0.3, 0.4) is 0 Å². The Bertz CT molecular complexity index is 743. The van der Waals surface area contributed by atoms with Crippen LogP contribution in [0.1, 0.15) is 16.6 Å². The van der Waals surface area contributed by atoms with Crippen LogP contribution in [-0.4, -0.2) is 11.0 Å². The number of thiophene rings is 1. The standard InChI is InChI=1S/C15H12ClN3OS2/c16-13-11(6-8-21-13)18-15(20)19-12(14-17-7-9-22-14)10-4-2-1-3-5-10/h1-9,12H,(H2,18,19,20)/t12-/m1/s1. The first-order valence-electron chi connectivity index (χ1n) is 6.49. The van der Waals surface area contributed by atoms with Gasteiger partial charge >= 0.3 is 6.03 Å². The lowest BCUT2D eigenvalue weighted by atomic mass is 10.1. The van der Waals surface area contributed by atoms with E-state index >= 15 is 0 Å². The number of nitrogens with one attached hydrogen (secondary N) is 2. The lowest BCUT2D eigenvalue weighted by Gasteiger charge is -2.17. The van der Waals surface area contributed by atoms with Gasteiger partial charge in [-0.1, -0.05) is 41.9 Å². The molecule has 2 heterocycles. The van der Waals surface area contributed by atoms with Gasteiger partial charge in [0.2, 0.25) is 0 Å². The van der Waals surface area contributed by atoms with Crippen LogP contribution in [0, 0.1) is 0 Å². The van der Waals surface area contributed by atoms with Crippen LogP contribution >= 0.6 is 34.3 Å². The zero-order valence-corrected chi connectivity index (χ0v) is 13.7. The number of carbonyl (C=O) groups is 1. The lowest BCUT2D eigenvalue weighted by Crippen LogP contribution is -2.33. The van der Waals surface area contributed by atoms with Gasteiger partial charge in [0.05, 0.1) is 5.69 Å². The topological polar surface area (TPSA) is 54.0 Å². The number of carbonyl (C=O) groups excluding carboxylic acids is 1. The number of hydrogen-bond donors (Lipinski definition) is 2. The number of aromatic nitrogens is 1. The fourth-order valence-electron chi connectivity index (χ4n) is 1.98. The van der Waals surface area contributed by atoms with Gasteiger partial charge in [0.1, 0.15) is 15.4 Å². The Kier molecular flexibility index (Phi) is 4.72. The highest BCUT2D eigenvalue weighted by Gasteiger charge is 2.19. The molecule has 1 aromatic carbocycles. The molecule has 112 valence electrons. The Balaban J connectivity index is 1.79. The molecular formula is C15H12ClN3OS2. The molecule has 2 N–H and O–H groups in total. The van der Waals surface area contributed by atoms with E-state index in [2.05, 4.69) is 15.6 Å². The summed E-state index contributed by atoms with van der Waals surface area (Å²) in [6.45, 7) is 0. The summed E-state index contributed by atoms with van der Waals surface area (Å²) in [7, 11) is 0. The van der Waals surface area contributed by atoms with E-state index in [1.54, 1.807) is 12.3 Å². The van der Waals surface area contributed by atoms with Gasteiger partial charge in [0.25, 0.3) is 0 Å². The molecule has 4 nitrogen and oxygen atoms in total. The number of halogens is 1. The minimum atomic E-state index is -0.315. The van der Waals surface area contributed by atoms with E-state index in [9.17, 15) is 4.79 Å². The highest BCUT2D eigenvalue weighted by Crippen LogP contribution is 2.28. The summed E-state index contributed by atoms with van der Waals surface area (Å²) in [5.41, 5.74) is 1.58. The molecule has 3 rings (SSSR count). The number of anilines is 1. The lowest BCUT2D eigenvalue weighted by molar-refractivity contribution is 0.250. The highest BCUT2D eigenvalue weighted by molar-refractivity contribution is 7.15. The third-order valence-electron chi connectivity index (χ3n) is 2.97. The van der Waals surface area contributed by atoms with Gasteiger partial charge in [-0.25, -0.2) is 9.78 Å². The Labute approximate surface area is 140 Å². The third kappa shape index (κ3) is 3.47. The fourth-order valence-corrected chi connectivity index (χ4v) is 3.53. The van der Waals surface area contributed by atoms with Crippen LogP contribution in [0.15, 0.2) is 53.4 Å². The Hall–Kier alpha value is -1.89. The molecule has 7 heteroatoms. The molecule has 0 aliphatic carbocycles. The first kappa shape index (κ1) is 15.0. The number of thiazole rings is 1. The number of nitrogens with zero attached hydrogens (tertiary/aromatic N) is 1. The molecule has 0 bridgehead atoms. The van der Waals surface area contributed by atoms with Crippen LogP contribution in [0.2, 0.25) is 4.34 Å². The largest absolute Gasteiger partial charge is 0.324 e. The maximum atomic E-state index is 12.2. The van der Waals surface area contributed by atoms with E-state index in [1.807, 2.05) is 41.1 Å². The maximum Gasteiger partial charge on any atom is 0.320 e. The summed E-state index contributed by atoms with van der Waals surface area (Å²) >= 11 is 8.88. The Morgan fingerprint density at radius 3 is 2.59 bits per heavy atom. The molecule has 0 fully saturated rings. The molecule has 2 amide bonds. The fraction of sp³-hybridized carbons (Fsp3) is 0.0667. The monoisotopic (exact) mass is 349 g/mol. The van der Waals surface area contributed by atoms with Crippen molar-refractivity contribution in [2.24, 2.45) is 0 Å².